The van der Waals surface area contributed by atoms with E-state index < -0.39 is 15.0 Å². The second kappa shape index (κ2) is 6.67. The van der Waals surface area contributed by atoms with Crippen LogP contribution >= 0.6 is 26.6 Å². The second-order valence-electron chi connectivity index (χ2n) is 5.32. The van der Waals surface area contributed by atoms with Crippen molar-refractivity contribution >= 4 is 41.6 Å². The highest BCUT2D eigenvalue weighted by molar-refractivity contribution is 9.10. The third-order valence-electron chi connectivity index (χ3n) is 3.68. The Morgan fingerprint density at radius 2 is 1.95 bits per heavy atom. The summed E-state index contributed by atoms with van der Waals surface area (Å²) in [5.41, 5.74) is 0.182. The predicted octanol–water partition coefficient (Wildman–Crippen LogP) is 4.11. The van der Waals surface area contributed by atoms with Gasteiger partial charge in [-0.15, -0.1) is 0 Å². The molecule has 116 valence electrons. The molecule has 1 aliphatic carbocycles. The molecule has 1 aliphatic rings. The number of carbonyl (C=O) groups excluding carboxylic acids is 1. The van der Waals surface area contributed by atoms with E-state index in [1.54, 1.807) is 0 Å². The molecule has 0 radical (unpaired) electrons. The third-order valence-corrected chi connectivity index (χ3v) is 5.47. The van der Waals surface area contributed by atoms with Crippen LogP contribution in [0.2, 0.25) is 0 Å². The zero-order chi connectivity index (χ0) is 15.6. The first-order chi connectivity index (χ1) is 9.77. The van der Waals surface area contributed by atoms with E-state index in [-0.39, 0.29) is 16.6 Å². The Bertz CT molecular complexity index is 644. The van der Waals surface area contributed by atoms with Crippen molar-refractivity contribution in [1.82, 2.24) is 0 Å². The van der Waals surface area contributed by atoms with Crippen molar-refractivity contribution < 1.29 is 17.9 Å². The number of hydrogen-bond acceptors (Lipinski definition) is 4. The number of carbonyl (C=O) groups is 1. The van der Waals surface area contributed by atoms with Gasteiger partial charge in [0, 0.05) is 15.2 Å². The molecule has 1 saturated carbocycles. The van der Waals surface area contributed by atoms with E-state index in [9.17, 15) is 13.2 Å². The van der Waals surface area contributed by atoms with Gasteiger partial charge in [-0.25, -0.2) is 13.2 Å². The molecule has 1 aromatic rings. The van der Waals surface area contributed by atoms with Crippen LogP contribution in [0.1, 0.15) is 43.0 Å². The number of esters is 1. The van der Waals surface area contributed by atoms with Gasteiger partial charge in [-0.2, -0.15) is 0 Å². The molecule has 0 amide bonds. The lowest BCUT2D eigenvalue weighted by Crippen LogP contribution is -2.28. The van der Waals surface area contributed by atoms with Crippen LogP contribution in [0.15, 0.2) is 27.6 Å². The molecule has 2 unspecified atom stereocenters. The Morgan fingerprint density at radius 3 is 2.57 bits per heavy atom. The monoisotopic (exact) mass is 394 g/mol. The van der Waals surface area contributed by atoms with Crippen LogP contribution in [0.5, 0.6) is 0 Å². The Balaban J connectivity index is 2.21. The molecule has 0 N–H and O–H groups in total. The Labute approximate surface area is 137 Å². The van der Waals surface area contributed by atoms with Crippen molar-refractivity contribution in [1.29, 1.82) is 0 Å². The maximum atomic E-state index is 12.2. The summed E-state index contributed by atoms with van der Waals surface area (Å²) in [6.07, 6.45) is 3.98. The molecule has 0 bridgehead atoms. The fraction of sp³-hybridized carbons (Fsp3) is 0.500. The standard InChI is InChI=1S/C14H16BrClO4S/c1-9-4-2-3-5-13(9)20-14(17)10-6-11(15)8-12(7-10)21(16,18)19/h6-9,13H,2-5H2,1H3. The molecule has 1 aromatic carbocycles. The summed E-state index contributed by atoms with van der Waals surface area (Å²) in [7, 11) is 1.43. The van der Waals surface area contributed by atoms with Crippen molar-refractivity contribution in [3.8, 4) is 0 Å². The summed E-state index contributed by atoms with van der Waals surface area (Å²) in [5, 5.41) is 0. The van der Waals surface area contributed by atoms with Gasteiger partial charge in [-0.05, 0) is 43.4 Å². The van der Waals surface area contributed by atoms with E-state index >= 15 is 0 Å². The van der Waals surface area contributed by atoms with E-state index in [1.807, 2.05) is 0 Å². The predicted molar refractivity (Wildman–Crippen MR) is 84.0 cm³/mol. The number of halogens is 2. The first kappa shape index (κ1) is 16.8. The van der Waals surface area contributed by atoms with Crippen LogP contribution in [-0.4, -0.2) is 20.5 Å². The van der Waals surface area contributed by atoms with Gasteiger partial charge in [-0.3, -0.25) is 0 Å². The topological polar surface area (TPSA) is 60.4 Å². The summed E-state index contributed by atoms with van der Waals surface area (Å²) in [5.74, 6) is -0.192. The summed E-state index contributed by atoms with van der Waals surface area (Å²) in [6, 6.07) is 4.12. The van der Waals surface area contributed by atoms with E-state index in [1.165, 1.54) is 18.2 Å². The van der Waals surface area contributed by atoms with Gasteiger partial charge in [0.05, 0.1) is 10.5 Å². The fourth-order valence-corrected chi connectivity index (χ4v) is 3.93. The normalized spacial score (nSPS) is 22.8. The molecule has 4 nitrogen and oxygen atoms in total. The molecule has 2 atom stereocenters. The van der Waals surface area contributed by atoms with Gasteiger partial charge >= 0.3 is 5.97 Å². The molecular weight excluding hydrogens is 380 g/mol. The molecule has 1 fully saturated rings. The van der Waals surface area contributed by atoms with E-state index in [0.29, 0.717) is 10.4 Å². The van der Waals surface area contributed by atoms with Gasteiger partial charge in [0.25, 0.3) is 9.05 Å². The van der Waals surface area contributed by atoms with Crippen LogP contribution in [0, 0.1) is 5.92 Å². The lowest BCUT2D eigenvalue weighted by atomic mass is 9.88. The van der Waals surface area contributed by atoms with Gasteiger partial charge in [0.1, 0.15) is 6.10 Å². The molecule has 0 spiro atoms. The smallest absolute Gasteiger partial charge is 0.338 e. The van der Waals surface area contributed by atoms with Gasteiger partial charge in [0.2, 0.25) is 0 Å². The molecule has 0 aliphatic heterocycles. The molecule has 21 heavy (non-hydrogen) atoms. The summed E-state index contributed by atoms with van der Waals surface area (Å²) >= 11 is 3.18. The number of rotatable bonds is 3. The lowest BCUT2D eigenvalue weighted by Gasteiger charge is -2.28. The fourth-order valence-electron chi connectivity index (χ4n) is 2.48. The number of ether oxygens (including phenoxy) is 1. The molecule has 0 saturated heterocycles. The van der Waals surface area contributed by atoms with E-state index in [0.717, 1.165) is 25.7 Å². The maximum Gasteiger partial charge on any atom is 0.338 e. The minimum Gasteiger partial charge on any atom is -0.458 e. The van der Waals surface area contributed by atoms with Crippen molar-refractivity contribution in [3.63, 3.8) is 0 Å². The van der Waals surface area contributed by atoms with Crippen LogP contribution in [0.4, 0.5) is 0 Å². The zero-order valence-electron chi connectivity index (χ0n) is 11.5. The van der Waals surface area contributed by atoms with Crippen LogP contribution in [0.25, 0.3) is 0 Å². The minimum absolute atomic E-state index is 0.110. The summed E-state index contributed by atoms with van der Waals surface area (Å²) < 4.78 is 28.8. The maximum absolute atomic E-state index is 12.2. The zero-order valence-corrected chi connectivity index (χ0v) is 14.7. The Hall–Kier alpha value is -0.590. The van der Waals surface area contributed by atoms with Gasteiger partial charge in [-0.1, -0.05) is 29.3 Å². The first-order valence-corrected chi connectivity index (χ1v) is 9.84. The van der Waals surface area contributed by atoms with Gasteiger partial charge in [0.15, 0.2) is 0 Å². The molecule has 2 rings (SSSR count). The lowest BCUT2D eigenvalue weighted by molar-refractivity contribution is 0.00478. The van der Waals surface area contributed by atoms with E-state index in [4.69, 9.17) is 15.4 Å². The first-order valence-electron chi connectivity index (χ1n) is 6.73. The highest BCUT2D eigenvalue weighted by atomic mass is 79.9. The van der Waals surface area contributed by atoms with Crippen LogP contribution < -0.4 is 0 Å². The number of hydrogen-bond donors (Lipinski definition) is 0. The highest BCUT2D eigenvalue weighted by Gasteiger charge is 2.26. The molecule has 0 aromatic heterocycles. The average Bonchev–Trinajstić information content (AvgIpc) is 2.39. The summed E-state index contributed by atoms with van der Waals surface area (Å²) in [4.78, 5) is 12.1. The average molecular weight is 396 g/mol. The molecular formula is C14H16BrClO4S. The van der Waals surface area contributed by atoms with Crippen molar-refractivity contribution in [2.45, 2.75) is 43.6 Å². The van der Waals surface area contributed by atoms with Crippen LogP contribution in [-0.2, 0) is 13.8 Å². The third kappa shape index (κ3) is 4.44. The minimum atomic E-state index is -3.89. The van der Waals surface area contributed by atoms with Crippen molar-refractivity contribution in [3.05, 3.63) is 28.2 Å². The van der Waals surface area contributed by atoms with Crippen molar-refractivity contribution in [2.75, 3.05) is 0 Å². The Kier molecular flexibility index (Phi) is 5.33. The van der Waals surface area contributed by atoms with Crippen molar-refractivity contribution in [2.24, 2.45) is 5.92 Å². The highest BCUT2D eigenvalue weighted by Crippen LogP contribution is 2.28. The number of benzene rings is 1. The quantitative estimate of drug-likeness (QED) is 0.571. The molecule has 0 heterocycles. The van der Waals surface area contributed by atoms with Crippen LogP contribution in [0.3, 0.4) is 0 Å². The SMILES string of the molecule is CC1CCCCC1OC(=O)c1cc(Br)cc(S(=O)(=O)Cl)c1. The largest absolute Gasteiger partial charge is 0.458 e. The second-order valence-corrected chi connectivity index (χ2v) is 8.80. The van der Waals surface area contributed by atoms with E-state index in [2.05, 4.69) is 22.9 Å². The summed E-state index contributed by atoms with van der Waals surface area (Å²) in [6.45, 7) is 2.06. The Morgan fingerprint density at radius 1 is 1.29 bits per heavy atom. The van der Waals surface area contributed by atoms with Gasteiger partial charge < -0.3 is 4.74 Å². The molecule has 7 heteroatoms.